The monoisotopic (exact) mass is 742 g/mol. The van der Waals surface area contributed by atoms with Gasteiger partial charge in [-0.15, -0.1) is 0 Å². The molecule has 0 heterocycles. The zero-order valence-electron chi connectivity index (χ0n) is 31.3. The van der Waals surface area contributed by atoms with E-state index >= 15 is 0 Å². The Morgan fingerprint density at radius 1 is 0.615 bits per heavy atom. The predicted octanol–water partition coefficient (Wildman–Crippen LogP) is -3.04. The number of aliphatic carboxylic acids is 1. The highest BCUT2D eigenvalue weighted by molar-refractivity contribution is 6.11. The minimum absolute atomic E-state index is 0.413. The van der Waals surface area contributed by atoms with Crippen LogP contribution in [0.25, 0.3) is 0 Å². The predicted molar refractivity (Wildman–Crippen MR) is 189 cm³/mol. The van der Waals surface area contributed by atoms with E-state index in [1.54, 1.807) is 20.8 Å². The minimum Gasteiger partial charge on any atom is -0.481 e. The number of amides is 3. The first kappa shape index (κ1) is 47.8. The summed E-state index contributed by atoms with van der Waals surface area (Å²) in [5, 5.41) is 24.0. The second kappa shape index (κ2) is 24.1. The second-order valence-electron chi connectivity index (χ2n) is 12.5. The summed E-state index contributed by atoms with van der Waals surface area (Å²) in [6.07, 6.45) is -2.38. The number of carboxylic acid groups (broad SMARTS) is 1. The van der Waals surface area contributed by atoms with Crippen molar-refractivity contribution in [3.63, 3.8) is 0 Å². The van der Waals surface area contributed by atoms with Crippen molar-refractivity contribution in [2.45, 2.75) is 134 Å². The highest BCUT2D eigenvalue weighted by Gasteiger charge is 2.38. The third-order valence-corrected chi connectivity index (χ3v) is 8.61. The lowest BCUT2D eigenvalue weighted by molar-refractivity contribution is -0.155. The Bertz CT molecular complexity index is 1280. The van der Waals surface area contributed by atoms with Crippen molar-refractivity contribution in [3.05, 3.63) is 0 Å². The molecule has 0 aromatic heterocycles. The number of nitrogens with one attached hydrogen (secondary N) is 6. The molecular formula is C33H58N8O11. The van der Waals surface area contributed by atoms with Crippen LogP contribution >= 0.6 is 0 Å². The molecule has 0 rings (SSSR count). The van der Waals surface area contributed by atoms with Gasteiger partial charge in [-0.25, -0.2) is 4.79 Å². The number of nitrogens with two attached hydrogens (primary N) is 2. The number of carbonyl (C=O) groups is 9. The van der Waals surface area contributed by atoms with Crippen molar-refractivity contribution >= 4 is 52.8 Å². The first-order valence-corrected chi connectivity index (χ1v) is 17.3. The Labute approximate surface area is 304 Å². The number of carbonyl (C=O) groups excluding carboxylic acids is 8. The van der Waals surface area contributed by atoms with Crippen LogP contribution in [-0.4, -0.2) is 133 Å². The van der Waals surface area contributed by atoms with E-state index in [2.05, 4.69) is 31.9 Å². The second-order valence-corrected chi connectivity index (χ2v) is 12.5. The number of Topliss-reactive ketones (excluding diaryl/α,β-unsaturated/α-hetero) is 4. The number of carboxylic acids is 1. The van der Waals surface area contributed by atoms with E-state index in [4.69, 9.17) is 21.3 Å². The molecule has 0 radical (unpaired) electrons. The lowest BCUT2D eigenvalue weighted by Crippen LogP contribution is -2.62. The summed E-state index contributed by atoms with van der Waals surface area (Å²) in [5.74, 6) is -8.45. The number of hydrogen-bond donors (Lipinski definition) is 9. The van der Waals surface area contributed by atoms with Crippen molar-refractivity contribution in [2.75, 3.05) is 21.1 Å². The van der Waals surface area contributed by atoms with Crippen LogP contribution in [0.2, 0.25) is 0 Å². The molecule has 0 saturated heterocycles. The van der Waals surface area contributed by atoms with Crippen molar-refractivity contribution in [1.29, 1.82) is 0 Å². The van der Waals surface area contributed by atoms with Crippen molar-refractivity contribution in [3.8, 4) is 0 Å². The highest BCUT2D eigenvalue weighted by Crippen LogP contribution is 2.10. The first-order valence-electron chi connectivity index (χ1n) is 17.3. The smallest absolute Gasteiger partial charge is 0.329 e. The van der Waals surface area contributed by atoms with E-state index in [1.165, 1.54) is 35.0 Å². The van der Waals surface area contributed by atoms with Crippen molar-refractivity contribution in [1.82, 2.24) is 31.9 Å². The number of rotatable bonds is 27. The van der Waals surface area contributed by atoms with Gasteiger partial charge in [-0.3, -0.25) is 38.4 Å². The van der Waals surface area contributed by atoms with E-state index in [-0.39, 0.29) is 0 Å². The molecule has 0 bridgehead atoms. The van der Waals surface area contributed by atoms with E-state index < -0.39 is 139 Å². The standard InChI is InChI=1S/C33H58N8O11/c1-9-19(10-2)52-33(51)23(15-26(44)18(5)38-8)40-32(50)28(29(47)20(34)11-12-27(45)46)41-31(49)22(14-25(43)17(4)37-7)39-30(48)21(35)13-24(42)16(3)36-6/h16-23,28,36-38H,9-15,34-35H2,1-8H3,(H,39,48)(H,40,50)(H,41,49)(H,45,46)/t16-,17-,18-,20-,21?,22?,23?,28?/m0/s1. The molecule has 296 valence electrons. The van der Waals surface area contributed by atoms with Gasteiger partial charge in [0.15, 0.2) is 29.2 Å². The zero-order valence-corrected chi connectivity index (χ0v) is 31.3. The molecule has 3 amide bonds. The Morgan fingerprint density at radius 2 is 1.06 bits per heavy atom. The van der Waals surface area contributed by atoms with Crippen molar-refractivity contribution < 1.29 is 53.0 Å². The number of hydrogen-bond acceptors (Lipinski definition) is 15. The molecule has 0 aliphatic heterocycles. The molecule has 0 fully saturated rings. The summed E-state index contributed by atoms with van der Waals surface area (Å²) in [7, 11) is 4.51. The van der Waals surface area contributed by atoms with Gasteiger partial charge in [-0.2, -0.15) is 0 Å². The SMILES string of the molecule is CCC(CC)OC(=O)C(CC(=O)[C@H](C)NC)NC(=O)C(NC(=O)C(CC(=O)[C@H](C)NC)NC(=O)C(N)CC(=O)[C@H](C)NC)C(=O)[C@@H](N)CCC(=O)O. The number of likely N-dealkylation sites (N-methyl/N-ethyl adjacent to an activating group) is 3. The summed E-state index contributed by atoms with van der Waals surface area (Å²) in [4.78, 5) is 117. The third kappa shape index (κ3) is 16.4. The summed E-state index contributed by atoms with van der Waals surface area (Å²) in [6, 6.07) is -10.8. The van der Waals surface area contributed by atoms with Crippen LogP contribution in [0.1, 0.15) is 79.6 Å². The first-order chi connectivity index (χ1) is 24.3. The summed E-state index contributed by atoms with van der Waals surface area (Å²) < 4.78 is 5.47. The quantitative estimate of drug-likeness (QED) is 0.0298. The fourth-order valence-corrected chi connectivity index (χ4v) is 4.51. The Hall–Kier alpha value is -4.17. The van der Waals surface area contributed by atoms with Gasteiger partial charge in [0, 0.05) is 25.7 Å². The molecule has 0 aromatic carbocycles. The van der Waals surface area contributed by atoms with Gasteiger partial charge < -0.3 is 53.2 Å². The summed E-state index contributed by atoms with van der Waals surface area (Å²) in [5.41, 5.74) is 11.9. The summed E-state index contributed by atoms with van der Waals surface area (Å²) in [6.45, 7) is 8.09. The maximum atomic E-state index is 13.8. The molecule has 0 saturated carbocycles. The Kier molecular flexibility index (Phi) is 22.2. The van der Waals surface area contributed by atoms with Crippen LogP contribution in [0.15, 0.2) is 0 Å². The normalized spacial score (nSPS) is 15.8. The topological polar surface area (TPSA) is 307 Å². The Morgan fingerprint density at radius 3 is 1.50 bits per heavy atom. The summed E-state index contributed by atoms with van der Waals surface area (Å²) >= 11 is 0. The average molecular weight is 743 g/mol. The fourth-order valence-electron chi connectivity index (χ4n) is 4.51. The number of ether oxygens (including phenoxy) is 1. The van der Waals surface area contributed by atoms with Crippen LogP contribution in [0.3, 0.4) is 0 Å². The van der Waals surface area contributed by atoms with E-state index in [0.717, 1.165) is 0 Å². The van der Waals surface area contributed by atoms with Crippen LogP contribution in [0.4, 0.5) is 0 Å². The van der Waals surface area contributed by atoms with Gasteiger partial charge in [0.1, 0.15) is 18.2 Å². The van der Waals surface area contributed by atoms with Crippen LogP contribution in [0, 0.1) is 0 Å². The molecule has 0 aliphatic rings. The molecule has 0 spiro atoms. The van der Waals surface area contributed by atoms with Crippen molar-refractivity contribution in [2.24, 2.45) is 11.5 Å². The van der Waals surface area contributed by atoms with E-state index in [1.807, 2.05) is 0 Å². The third-order valence-electron chi connectivity index (χ3n) is 8.61. The van der Waals surface area contributed by atoms with Gasteiger partial charge in [0.2, 0.25) is 11.8 Å². The number of ketones is 4. The van der Waals surface area contributed by atoms with Crippen LogP contribution in [-0.2, 0) is 47.9 Å². The van der Waals surface area contributed by atoms with E-state index in [9.17, 15) is 43.2 Å². The number of esters is 1. The average Bonchev–Trinajstić information content (AvgIpc) is 3.11. The molecule has 0 aromatic rings. The molecule has 52 heavy (non-hydrogen) atoms. The fraction of sp³-hybridized carbons (Fsp3) is 0.727. The highest BCUT2D eigenvalue weighted by atomic mass is 16.5. The molecular weight excluding hydrogens is 684 g/mol. The largest absolute Gasteiger partial charge is 0.481 e. The van der Waals surface area contributed by atoms with Gasteiger partial charge >= 0.3 is 11.9 Å². The van der Waals surface area contributed by atoms with Gasteiger partial charge in [-0.1, -0.05) is 13.8 Å². The lowest BCUT2D eigenvalue weighted by atomic mass is 9.98. The Balaban J connectivity index is 6.75. The van der Waals surface area contributed by atoms with E-state index in [0.29, 0.717) is 12.8 Å². The zero-order chi connectivity index (χ0) is 40.3. The van der Waals surface area contributed by atoms with Gasteiger partial charge in [0.25, 0.3) is 5.91 Å². The van der Waals surface area contributed by atoms with Gasteiger partial charge in [0.05, 0.1) is 30.2 Å². The van der Waals surface area contributed by atoms with Crippen LogP contribution < -0.4 is 43.4 Å². The molecule has 0 aliphatic carbocycles. The molecule has 11 N–H and O–H groups in total. The molecule has 8 atom stereocenters. The lowest BCUT2D eigenvalue weighted by Gasteiger charge is -2.27. The molecule has 19 nitrogen and oxygen atoms in total. The maximum absolute atomic E-state index is 13.8. The minimum atomic E-state index is -2.19. The molecule has 4 unspecified atom stereocenters. The van der Waals surface area contributed by atoms with Crippen LogP contribution in [0.5, 0.6) is 0 Å². The van der Waals surface area contributed by atoms with Gasteiger partial charge in [-0.05, 0) is 61.2 Å². The molecule has 19 heteroatoms. The maximum Gasteiger partial charge on any atom is 0.329 e.